The van der Waals surface area contributed by atoms with Gasteiger partial charge in [-0.3, -0.25) is 9.59 Å². The van der Waals surface area contributed by atoms with Gasteiger partial charge in [0, 0.05) is 25.0 Å². The number of carbonyl (C=O) groups excluding carboxylic acids is 1. The molecule has 9 nitrogen and oxygen atoms in total. The van der Waals surface area contributed by atoms with Gasteiger partial charge in [0.25, 0.3) is 5.56 Å². The quantitative estimate of drug-likeness (QED) is 0.716. The number of hydrogen-bond donors (Lipinski definition) is 1. The number of benzene rings is 1. The fourth-order valence-electron chi connectivity index (χ4n) is 2.52. The largest absolute Gasteiger partial charge is 0.454 e. The Kier molecular flexibility index (Phi) is 4.10. The van der Waals surface area contributed by atoms with Crippen molar-refractivity contribution in [2.24, 2.45) is 0 Å². The van der Waals surface area contributed by atoms with Crippen molar-refractivity contribution >= 4 is 5.91 Å². The monoisotopic (exact) mass is 353 g/mol. The maximum absolute atomic E-state index is 12.2. The van der Waals surface area contributed by atoms with Crippen LogP contribution in [0, 0.1) is 0 Å². The zero-order valence-electron chi connectivity index (χ0n) is 13.7. The van der Waals surface area contributed by atoms with Gasteiger partial charge in [-0.2, -0.15) is 5.10 Å². The van der Waals surface area contributed by atoms with Crippen LogP contribution in [-0.2, 0) is 17.9 Å². The molecule has 4 rings (SSSR count). The summed E-state index contributed by atoms with van der Waals surface area (Å²) in [5, 5.41) is 11.0. The predicted octanol–water partition coefficient (Wildman–Crippen LogP) is 0.474. The highest BCUT2D eigenvalue weighted by molar-refractivity contribution is 5.75. The number of nitrogens with one attached hydrogen (secondary N) is 1. The molecule has 26 heavy (non-hydrogen) atoms. The van der Waals surface area contributed by atoms with Gasteiger partial charge in [-0.25, -0.2) is 9.36 Å². The average Bonchev–Trinajstić information content (AvgIpc) is 3.33. The summed E-state index contributed by atoms with van der Waals surface area (Å²) in [6.07, 6.45) is 3.31. The van der Waals surface area contributed by atoms with Gasteiger partial charge >= 0.3 is 0 Å². The first-order chi connectivity index (χ1) is 12.7. The highest BCUT2D eigenvalue weighted by Crippen LogP contribution is 2.32. The van der Waals surface area contributed by atoms with E-state index >= 15 is 0 Å². The second-order valence-electron chi connectivity index (χ2n) is 5.60. The smallest absolute Gasteiger partial charge is 0.267 e. The molecule has 0 fully saturated rings. The molecule has 1 aliphatic rings. The van der Waals surface area contributed by atoms with Crippen LogP contribution >= 0.6 is 0 Å². The lowest BCUT2D eigenvalue weighted by atomic mass is 10.2. The van der Waals surface area contributed by atoms with Crippen molar-refractivity contribution in [1.82, 2.24) is 24.9 Å². The van der Waals surface area contributed by atoms with Crippen LogP contribution in [0.1, 0.15) is 5.56 Å². The van der Waals surface area contributed by atoms with Gasteiger partial charge in [0.1, 0.15) is 6.54 Å². The fourth-order valence-corrected chi connectivity index (χ4v) is 2.52. The summed E-state index contributed by atoms with van der Waals surface area (Å²) >= 11 is 0. The third kappa shape index (κ3) is 3.27. The Morgan fingerprint density at radius 3 is 2.92 bits per heavy atom. The lowest BCUT2D eigenvalue weighted by molar-refractivity contribution is -0.122. The molecule has 1 aromatic carbocycles. The standard InChI is InChI=1S/C17H15N5O4/c23-16(18-9-12-2-3-13-14(8-12)26-11-25-13)10-22-17(24)5-4-15(20-22)21-7-1-6-19-21/h1-8H,9-11H2,(H,18,23). The first-order valence-electron chi connectivity index (χ1n) is 7.92. The number of aromatic nitrogens is 4. The molecule has 2 aromatic heterocycles. The SMILES string of the molecule is O=C(Cn1nc(-n2cccn2)ccc1=O)NCc1ccc2c(c1)OCO2. The van der Waals surface area contributed by atoms with Crippen molar-refractivity contribution in [2.75, 3.05) is 6.79 Å². The summed E-state index contributed by atoms with van der Waals surface area (Å²) in [5.74, 6) is 1.47. The van der Waals surface area contributed by atoms with E-state index in [1.165, 1.54) is 10.7 Å². The summed E-state index contributed by atoms with van der Waals surface area (Å²) in [6, 6.07) is 10.1. The Labute approximate surface area is 147 Å². The van der Waals surface area contributed by atoms with Gasteiger partial charge in [0.15, 0.2) is 17.3 Å². The maximum Gasteiger partial charge on any atom is 0.267 e. The van der Waals surface area contributed by atoms with Crippen molar-refractivity contribution in [2.45, 2.75) is 13.1 Å². The number of rotatable bonds is 5. The fraction of sp³-hybridized carbons (Fsp3) is 0.176. The van der Waals surface area contributed by atoms with Crippen LogP contribution < -0.4 is 20.3 Å². The van der Waals surface area contributed by atoms with E-state index in [1.54, 1.807) is 30.6 Å². The molecule has 3 heterocycles. The molecule has 1 N–H and O–H groups in total. The van der Waals surface area contributed by atoms with E-state index in [4.69, 9.17) is 9.47 Å². The minimum absolute atomic E-state index is 0.182. The number of carbonyl (C=O) groups is 1. The van der Waals surface area contributed by atoms with E-state index in [2.05, 4.69) is 15.5 Å². The van der Waals surface area contributed by atoms with Gasteiger partial charge in [-0.15, -0.1) is 5.10 Å². The summed E-state index contributed by atoms with van der Waals surface area (Å²) < 4.78 is 13.2. The molecule has 1 aliphatic heterocycles. The van der Waals surface area contributed by atoms with E-state index in [9.17, 15) is 9.59 Å². The Bertz CT molecular complexity index is 997. The molecule has 0 unspecified atom stereocenters. The van der Waals surface area contributed by atoms with Crippen molar-refractivity contribution in [3.05, 3.63) is 64.7 Å². The molecule has 3 aromatic rings. The lowest BCUT2D eigenvalue weighted by Crippen LogP contribution is -2.33. The lowest BCUT2D eigenvalue weighted by Gasteiger charge is -2.08. The molecule has 132 valence electrons. The van der Waals surface area contributed by atoms with Crippen LogP contribution in [0.5, 0.6) is 11.5 Å². The van der Waals surface area contributed by atoms with Crippen molar-refractivity contribution < 1.29 is 14.3 Å². The van der Waals surface area contributed by atoms with Crippen LogP contribution in [0.4, 0.5) is 0 Å². The van der Waals surface area contributed by atoms with Crippen LogP contribution in [0.3, 0.4) is 0 Å². The highest BCUT2D eigenvalue weighted by atomic mass is 16.7. The Balaban J connectivity index is 1.42. The zero-order valence-corrected chi connectivity index (χ0v) is 13.7. The third-order valence-corrected chi connectivity index (χ3v) is 3.81. The van der Waals surface area contributed by atoms with Crippen molar-refractivity contribution in [3.63, 3.8) is 0 Å². The Morgan fingerprint density at radius 2 is 2.08 bits per heavy atom. The molecule has 0 aliphatic carbocycles. The topological polar surface area (TPSA) is 100 Å². The second-order valence-corrected chi connectivity index (χ2v) is 5.60. The van der Waals surface area contributed by atoms with Crippen LogP contribution in [0.2, 0.25) is 0 Å². The van der Waals surface area contributed by atoms with Gasteiger partial charge in [-0.05, 0) is 29.8 Å². The van der Waals surface area contributed by atoms with Gasteiger partial charge < -0.3 is 14.8 Å². The van der Waals surface area contributed by atoms with Crippen molar-refractivity contribution in [1.29, 1.82) is 0 Å². The summed E-state index contributed by atoms with van der Waals surface area (Å²) in [6.45, 7) is 0.327. The Morgan fingerprint density at radius 1 is 1.19 bits per heavy atom. The highest BCUT2D eigenvalue weighted by Gasteiger charge is 2.14. The predicted molar refractivity (Wildman–Crippen MR) is 90.0 cm³/mol. The average molecular weight is 353 g/mol. The minimum Gasteiger partial charge on any atom is -0.454 e. The molecule has 0 atom stereocenters. The third-order valence-electron chi connectivity index (χ3n) is 3.81. The normalized spacial score (nSPS) is 12.2. The first kappa shape index (κ1) is 15.9. The van der Waals surface area contributed by atoms with Crippen LogP contribution in [0.15, 0.2) is 53.6 Å². The van der Waals surface area contributed by atoms with Crippen LogP contribution in [-0.4, -0.2) is 32.3 Å². The molecule has 0 spiro atoms. The second kappa shape index (κ2) is 6.71. The van der Waals surface area contributed by atoms with E-state index in [-0.39, 0.29) is 24.8 Å². The van der Waals surface area contributed by atoms with Crippen LogP contribution in [0.25, 0.3) is 5.82 Å². The molecular formula is C17H15N5O4. The van der Waals surface area contributed by atoms with E-state index in [0.29, 0.717) is 23.9 Å². The molecule has 9 heteroatoms. The molecule has 0 radical (unpaired) electrons. The summed E-state index contributed by atoms with van der Waals surface area (Å²) in [7, 11) is 0. The van der Waals surface area contributed by atoms with E-state index < -0.39 is 0 Å². The van der Waals surface area contributed by atoms with Gasteiger partial charge in [0.2, 0.25) is 12.7 Å². The number of hydrogen-bond acceptors (Lipinski definition) is 6. The molecule has 0 bridgehead atoms. The van der Waals surface area contributed by atoms with Gasteiger partial charge in [0.05, 0.1) is 0 Å². The number of ether oxygens (including phenoxy) is 2. The zero-order chi connectivity index (χ0) is 17.9. The van der Waals surface area contributed by atoms with Gasteiger partial charge in [-0.1, -0.05) is 6.07 Å². The minimum atomic E-state index is -0.362. The van der Waals surface area contributed by atoms with E-state index in [1.807, 2.05) is 12.1 Å². The van der Waals surface area contributed by atoms with E-state index in [0.717, 1.165) is 10.2 Å². The molecular weight excluding hydrogens is 338 g/mol. The molecule has 0 saturated heterocycles. The maximum atomic E-state index is 12.2. The summed E-state index contributed by atoms with van der Waals surface area (Å²) in [5.41, 5.74) is 0.507. The Hall–Kier alpha value is -3.62. The number of fused-ring (bicyclic) bond motifs is 1. The molecule has 0 saturated carbocycles. The number of amides is 1. The first-order valence-corrected chi connectivity index (χ1v) is 7.92. The number of nitrogens with zero attached hydrogens (tertiary/aromatic N) is 4. The summed E-state index contributed by atoms with van der Waals surface area (Å²) in [4.78, 5) is 24.1. The molecule has 1 amide bonds. The van der Waals surface area contributed by atoms with Crippen molar-refractivity contribution in [3.8, 4) is 17.3 Å².